The van der Waals surface area contributed by atoms with Gasteiger partial charge in [-0.1, -0.05) is 6.92 Å². The maximum Gasteiger partial charge on any atom is 0.0383 e. The number of aryl methyl sites for hydroxylation is 1. The fourth-order valence-corrected chi connectivity index (χ4v) is 2.55. The highest BCUT2D eigenvalue weighted by atomic mass is 15.0. The third kappa shape index (κ3) is 1.81. The molecular weight excluding hydrogens is 184 g/mol. The first-order valence-electron chi connectivity index (χ1n) is 5.57. The molecule has 0 radical (unpaired) electrons. The molecule has 1 aromatic rings. The largest absolute Gasteiger partial charge is 0.399 e. The van der Waals surface area contributed by atoms with Crippen molar-refractivity contribution in [2.75, 3.05) is 11.1 Å². The van der Waals surface area contributed by atoms with Crippen molar-refractivity contribution in [3.05, 3.63) is 23.3 Å². The molecule has 15 heavy (non-hydrogen) atoms. The molecular formula is C13H20N2. The molecule has 1 aliphatic heterocycles. The van der Waals surface area contributed by atoms with E-state index in [1.807, 2.05) is 0 Å². The topological polar surface area (TPSA) is 38.0 Å². The Labute approximate surface area is 91.9 Å². The predicted molar refractivity (Wildman–Crippen MR) is 66.3 cm³/mol. The van der Waals surface area contributed by atoms with Crippen LogP contribution in [0, 0.1) is 6.92 Å². The average Bonchev–Trinajstić information content (AvgIpc) is 2.07. The summed E-state index contributed by atoms with van der Waals surface area (Å²) in [4.78, 5) is 0. The van der Waals surface area contributed by atoms with Crippen LogP contribution in [0.15, 0.2) is 12.1 Å². The summed E-state index contributed by atoms with van der Waals surface area (Å²) in [5.74, 6) is 0.583. The van der Waals surface area contributed by atoms with Gasteiger partial charge in [0, 0.05) is 16.9 Å². The molecule has 82 valence electrons. The van der Waals surface area contributed by atoms with E-state index in [9.17, 15) is 0 Å². The van der Waals surface area contributed by atoms with Crippen LogP contribution in [0.25, 0.3) is 0 Å². The Morgan fingerprint density at radius 1 is 1.40 bits per heavy atom. The highest BCUT2D eigenvalue weighted by Gasteiger charge is 2.29. The zero-order valence-corrected chi connectivity index (χ0v) is 10.0. The Morgan fingerprint density at radius 3 is 2.73 bits per heavy atom. The van der Waals surface area contributed by atoms with Crippen LogP contribution in [0.1, 0.15) is 44.2 Å². The van der Waals surface area contributed by atoms with Crippen LogP contribution in [0.5, 0.6) is 0 Å². The lowest BCUT2D eigenvalue weighted by Gasteiger charge is -2.38. The normalized spacial score (nSPS) is 23.1. The van der Waals surface area contributed by atoms with Crippen molar-refractivity contribution in [3.8, 4) is 0 Å². The molecule has 0 amide bonds. The number of fused-ring (bicyclic) bond motifs is 1. The van der Waals surface area contributed by atoms with Crippen molar-refractivity contribution in [2.45, 2.75) is 45.6 Å². The Bertz CT molecular complexity index is 394. The van der Waals surface area contributed by atoms with Gasteiger partial charge >= 0.3 is 0 Å². The van der Waals surface area contributed by atoms with E-state index in [0.717, 1.165) is 17.7 Å². The number of anilines is 2. The van der Waals surface area contributed by atoms with Crippen LogP contribution in [-0.4, -0.2) is 5.54 Å². The zero-order valence-electron chi connectivity index (χ0n) is 10.0. The van der Waals surface area contributed by atoms with Crippen LogP contribution in [0.4, 0.5) is 11.4 Å². The molecule has 0 fully saturated rings. The van der Waals surface area contributed by atoms with Gasteiger partial charge in [-0.15, -0.1) is 0 Å². The molecule has 1 atom stereocenters. The quantitative estimate of drug-likeness (QED) is 0.636. The lowest BCUT2D eigenvalue weighted by Crippen LogP contribution is -2.36. The summed E-state index contributed by atoms with van der Waals surface area (Å²) >= 11 is 0. The highest BCUT2D eigenvalue weighted by molar-refractivity contribution is 5.65. The summed E-state index contributed by atoms with van der Waals surface area (Å²) in [6.07, 6.45) is 1.16. The summed E-state index contributed by atoms with van der Waals surface area (Å²) in [6, 6.07) is 4.29. The number of nitrogen functional groups attached to an aromatic ring is 1. The second-order valence-corrected chi connectivity index (χ2v) is 5.41. The van der Waals surface area contributed by atoms with Crippen LogP contribution >= 0.6 is 0 Å². The summed E-state index contributed by atoms with van der Waals surface area (Å²) in [7, 11) is 0. The summed E-state index contributed by atoms with van der Waals surface area (Å²) in [5, 5.41) is 3.58. The molecule has 2 heteroatoms. The lowest BCUT2D eigenvalue weighted by atomic mass is 9.81. The molecule has 1 heterocycles. The smallest absolute Gasteiger partial charge is 0.0383 e. The van der Waals surface area contributed by atoms with Gasteiger partial charge in [0.1, 0.15) is 0 Å². The fraction of sp³-hybridized carbons (Fsp3) is 0.538. The minimum atomic E-state index is 0.189. The predicted octanol–water partition coefficient (Wildman–Crippen LogP) is 3.27. The fourth-order valence-electron chi connectivity index (χ4n) is 2.55. The summed E-state index contributed by atoms with van der Waals surface area (Å²) in [5.41, 5.74) is 10.8. The van der Waals surface area contributed by atoms with Gasteiger partial charge in [-0.2, -0.15) is 0 Å². The van der Waals surface area contributed by atoms with Gasteiger partial charge in [-0.05, 0) is 56.4 Å². The average molecular weight is 204 g/mol. The van der Waals surface area contributed by atoms with Gasteiger partial charge in [-0.25, -0.2) is 0 Å². The SMILES string of the molecule is Cc1cc2c(cc1N)C(C)CC(C)(C)N2. The number of nitrogens with one attached hydrogen (secondary N) is 1. The number of benzene rings is 1. The van der Waals surface area contributed by atoms with Gasteiger partial charge in [0.2, 0.25) is 0 Å². The molecule has 1 unspecified atom stereocenters. The third-order valence-electron chi connectivity index (χ3n) is 3.26. The lowest BCUT2D eigenvalue weighted by molar-refractivity contribution is 0.454. The minimum Gasteiger partial charge on any atom is -0.399 e. The van der Waals surface area contributed by atoms with Gasteiger partial charge in [-0.3, -0.25) is 0 Å². The van der Waals surface area contributed by atoms with Crippen LogP contribution in [0.3, 0.4) is 0 Å². The van der Waals surface area contributed by atoms with Crippen molar-refractivity contribution < 1.29 is 0 Å². The molecule has 0 spiro atoms. The van der Waals surface area contributed by atoms with Gasteiger partial charge < -0.3 is 11.1 Å². The summed E-state index contributed by atoms with van der Waals surface area (Å²) < 4.78 is 0. The maximum absolute atomic E-state index is 5.95. The Hall–Kier alpha value is -1.18. The van der Waals surface area contributed by atoms with E-state index in [0.29, 0.717) is 5.92 Å². The van der Waals surface area contributed by atoms with E-state index in [4.69, 9.17) is 5.73 Å². The van der Waals surface area contributed by atoms with Gasteiger partial charge in [0.25, 0.3) is 0 Å². The van der Waals surface area contributed by atoms with Gasteiger partial charge in [0.15, 0.2) is 0 Å². The first-order valence-corrected chi connectivity index (χ1v) is 5.57. The van der Waals surface area contributed by atoms with Crippen molar-refractivity contribution in [1.82, 2.24) is 0 Å². The maximum atomic E-state index is 5.95. The van der Waals surface area contributed by atoms with E-state index in [1.54, 1.807) is 0 Å². The number of rotatable bonds is 0. The molecule has 1 aliphatic rings. The minimum absolute atomic E-state index is 0.189. The third-order valence-corrected chi connectivity index (χ3v) is 3.26. The van der Waals surface area contributed by atoms with E-state index >= 15 is 0 Å². The van der Waals surface area contributed by atoms with Gasteiger partial charge in [0.05, 0.1) is 0 Å². The first-order chi connectivity index (χ1) is 6.89. The van der Waals surface area contributed by atoms with Crippen molar-refractivity contribution >= 4 is 11.4 Å². The van der Waals surface area contributed by atoms with Crippen LogP contribution < -0.4 is 11.1 Å². The highest BCUT2D eigenvalue weighted by Crippen LogP contribution is 2.40. The standard InChI is InChI=1S/C13H20N2/c1-8-5-12-10(6-11(8)14)9(2)7-13(3,4)15-12/h5-6,9,15H,7,14H2,1-4H3. The Balaban J connectivity index is 2.51. The molecule has 0 saturated carbocycles. The first kappa shape index (κ1) is 10.3. The summed E-state index contributed by atoms with van der Waals surface area (Å²) in [6.45, 7) is 8.83. The Morgan fingerprint density at radius 2 is 2.07 bits per heavy atom. The Kier molecular flexibility index (Phi) is 2.18. The molecule has 1 aromatic carbocycles. The zero-order chi connectivity index (χ0) is 11.2. The monoisotopic (exact) mass is 204 g/mol. The second-order valence-electron chi connectivity index (χ2n) is 5.41. The van der Waals surface area contributed by atoms with Crippen molar-refractivity contribution in [3.63, 3.8) is 0 Å². The van der Waals surface area contributed by atoms with E-state index in [2.05, 4.69) is 45.1 Å². The molecule has 2 nitrogen and oxygen atoms in total. The van der Waals surface area contributed by atoms with E-state index in [-0.39, 0.29) is 5.54 Å². The van der Waals surface area contributed by atoms with E-state index < -0.39 is 0 Å². The molecule has 0 aromatic heterocycles. The number of hydrogen-bond donors (Lipinski definition) is 2. The molecule has 0 saturated heterocycles. The second kappa shape index (κ2) is 3.16. The number of nitrogens with two attached hydrogens (primary N) is 1. The van der Waals surface area contributed by atoms with Crippen molar-refractivity contribution in [1.29, 1.82) is 0 Å². The molecule has 2 rings (SSSR count). The van der Waals surface area contributed by atoms with Crippen LogP contribution in [-0.2, 0) is 0 Å². The number of hydrogen-bond acceptors (Lipinski definition) is 2. The molecule has 0 bridgehead atoms. The molecule has 0 aliphatic carbocycles. The molecule has 3 N–H and O–H groups in total. The van der Waals surface area contributed by atoms with E-state index in [1.165, 1.54) is 11.3 Å². The van der Waals surface area contributed by atoms with Crippen molar-refractivity contribution in [2.24, 2.45) is 0 Å². The van der Waals surface area contributed by atoms with Crippen LogP contribution in [0.2, 0.25) is 0 Å².